The zero-order valence-electron chi connectivity index (χ0n) is 21.6. The number of carbonyl (C=O) groups excluding carboxylic acids is 4. The normalized spacial score (nSPS) is 19.7. The van der Waals surface area contributed by atoms with Crippen LogP contribution in [0.25, 0.3) is 0 Å². The van der Waals surface area contributed by atoms with E-state index in [1.54, 1.807) is 13.8 Å². The fourth-order valence-electron chi connectivity index (χ4n) is 3.62. The van der Waals surface area contributed by atoms with Crippen molar-refractivity contribution in [3.63, 3.8) is 0 Å². The summed E-state index contributed by atoms with van der Waals surface area (Å²) in [7, 11) is 1.40. The van der Waals surface area contributed by atoms with Crippen molar-refractivity contribution >= 4 is 23.5 Å². The van der Waals surface area contributed by atoms with Gasteiger partial charge in [-0.15, -0.1) is 0 Å². The molecule has 0 aliphatic carbocycles. The van der Waals surface area contributed by atoms with Gasteiger partial charge in [0.2, 0.25) is 11.8 Å². The number of hydrogen-bond donors (Lipinski definition) is 3. The number of ketones is 1. The van der Waals surface area contributed by atoms with Gasteiger partial charge in [-0.1, -0.05) is 32.9 Å². The predicted molar refractivity (Wildman–Crippen MR) is 127 cm³/mol. The summed E-state index contributed by atoms with van der Waals surface area (Å²) in [6.45, 7) is 11.3. The van der Waals surface area contributed by atoms with Crippen molar-refractivity contribution in [2.75, 3.05) is 20.3 Å². The number of aryl methyl sites for hydroxylation is 1. The lowest BCUT2D eigenvalue weighted by Crippen LogP contribution is -2.57. The van der Waals surface area contributed by atoms with Gasteiger partial charge >= 0.3 is 0 Å². The van der Waals surface area contributed by atoms with Gasteiger partial charge in [0.25, 0.3) is 5.91 Å². The van der Waals surface area contributed by atoms with Crippen LogP contribution in [0.3, 0.4) is 0 Å². The third kappa shape index (κ3) is 8.43. The molecule has 2 rings (SSSR count). The quantitative estimate of drug-likeness (QED) is 0.326. The number of ether oxygens (including phenoxy) is 2. The summed E-state index contributed by atoms with van der Waals surface area (Å²) >= 11 is 0. The standard InChI is InChI=1S/C24H38N4O7/c1-13(2)8-16(20(29)24(6)12-34-24)25-21(30)17(9-14(3)4)26-23(32)19(11-33-7)27-22(31)18-10-15(5)35-28-18/h10,13-14,16-17,19H,8-9,11-12H2,1-7H3,(H,25,30)(H,26,32)(H,27,31)/t16?,17-,19?,24+/m0/s1. The molecule has 1 aliphatic heterocycles. The Balaban J connectivity index is 2.13. The summed E-state index contributed by atoms with van der Waals surface area (Å²) in [5.74, 6) is -1.16. The number of aromatic nitrogens is 1. The molecule has 2 unspecified atom stereocenters. The molecule has 11 nitrogen and oxygen atoms in total. The zero-order valence-corrected chi connectivity index (χ0v) is 21.6. The molecule has 11 heteroatoms. The lowest BCUT2D eigenvalue weighted by molar-refractivity contribution is -0.134. The molecule has 4 atom stereocenters. The molecular formula is C24H38N4O7. The van der Waals surface area contributed by atoms with Crippen molar-refractivity contribution in [1.29, 1.82) is 0 Å². The number of Topliss-reactive ketones (excluding diaryl/α,β-unsaturated/α-hetero) is 1. The lowest BCUT2D eigenvalue weighted by Gasteiger charge is -2.27. The third-order valence-electron chi connectivity index (χ3n) is 5.59. The molecule has 0 aromatic carbocycles. The maximum Gasteiger partial charge on any atom is 0.274 e. The van der Waals surface area contributed by atoms with Gasteiger partial charge in [0.05, 0.1) is 19.3 Å². The van der Waals surface area contributed by atoms with Gasteiger partial charge in [-0.3, -0.25) is 19.2 Å². The molecule has 1 aromatic rings. The Morgan fingerprint density at radius 1 is 1.00 bits per heavy atom. The van der Waals surface area contributed by atoms with Crippen molar-refractivity contribution < 1.29 is 33.2 Å². The van der Waals surface area contributed by atoms with Crippen molar-refractivity contribution in [3.05, 3.63) is 17.5 Å². The third-order valence-corrected chi connectivity index (χ3v) is 5.59. The Kier molecular flexibility index (Phi) is 9.96. The van der Waals surface area contributed by atoms with Gasteiger partial charge < -0.3 is 29.9 Å². The Labute approximate surface area is 206 Å². The van der Waals surface area contributed by atoms with Crippen molar-refractivity contribution in [2.45, 2.75) is 78.1 Å². The zero-order chi connectivity index (χ0) is 26.3. The van der Waals surface area contributed by atoms with E-state index in [0.717, 1.165) is 0 Å². The Morgan fingerprint density at radius 3 is 2.03 bits per heavy atom. The average molecular weight is 495 g/mol. The summed E-state index contributed by atoms with van der Waals surface area (Å²) < 4.78 is 15.3. The minimum Gasteiger partial charge on any atom is -0.382 e. The van der Waals surface area contributed by atoms with E-state index in [1.807, 2.05) is 27.7 Å². The van der Waals surface area contributed by atoms with Crippen LogP contribution in [0.4, 0.5) is 0 Å². The summed E-state index contributed by atoms with van der Waals surface area (Å²) in [6, 6.07) is -1.27. The van der Waals surface area contributed by atoms with Crippen LogP contribution in [0.2, 0.25) is 0 Å². The summed E-state index contributed by atoms with van der Waals surface area (Å²) in [4.78, 5) is 51.7. The highest BCUT2D eigenvalue weighted by molar-refractivity contribution is 5.99. The van der Waals surface area contributed by atoms with Crippen LogP contribution in [-0.4, -0.2) is 72.7 Å². The highest BCUT2D eigenvalue weighted by Gasteiger charge is 2.50. The number of hydrogen-bond acceptors (Lipinski definition) is 8. The van der Waals surface area contributed by atoms with Gasteiger partial charge in [0.1, 0.15) is 23.4 Å². The van der Waals surface area contributed by atoms with E-state index in [4.69, 9.17) is 14.0 Å². The number of nitrogens with zero attached hydrogens (tertiary/aromatic N) is 1. The molecule has 3 N–H and O–H groups in total. The largest absolute Gasteiger partial charge is 0.382 e. The van der Waals surface area contributed by atoms with Crippen LogP contribution >= 0.6 is 0 Å². The molecular weight excluding hydrogens is 456 g/mol. The Hall–Kier alpha value is -2.79. The number of methoxy groups -OCH3 is 1. The second-order valence-electron chi connectivity index (χ2n) is 10.1. The fraction of sp³-hybridized carbons (Fsp3) is 0.708. The van der Waals surface area contributed by atoms with E-state index in [2.05, 4.69) is 21.1 Å². The van der Waals surface area contributed by atoms with E-state index in [1.165, 1.54) is 13.2 Å². The smallest absolute Gasteiger partial charge is 0.274 e. The number of rotatable bonds is 14. The molecule has 1 aromatic heterocycles. The molecule has 0 radical (unpaired) electrons. The number of carbonyl (C=O) groups is 4. The summed E-state index contributed by atoms with van der Waals surface area (Å²) in [5, 5.41) is 11.7. The van der Waals surface area contributed by atoms with Crippen LogP contribution in [0.15, 0.2) is 10.6 Å². The molecule has 1 fully saturated rings. The maximum absolute atomic E-state index is 13.2. The first-order valence-corrected chi connectivity index (χ1v) is 11.9. The molecule has 0 bridgehead atoms. The van der Waals surface area contributed by atoms with Gasteiger partial charge in [-0.05, 0) is 38.5 Å². The number of epoxide rings is 1. The van der Waals surface area contributed by atoms with Crippen LogP contribution in [0.1, 0.15) is 63.7 Å². The van der Waals surface area contributed by atoms with E-state index in [9.17, 15) is 19.2 Å². The number of amides is 3. The molecule has 196 valence electrons. The molecule has 3 amide bonds. The lowest BCUT2D eigenvalue weighted by atomic mass is 9.92. The Bertz CT molecular complexity index is 907. The second-order valence-corrected chi connectivity index (χ2v) is 10.1. The maximum atomic E-state index is 13.2. The van der Waals surface area contributed by atoms with Gasteiger partial charge in [-0.25, -0.2) is 0 Å². The first-order chi connectivity index (χ1) is 16.4. The van der Waals surface area contributed by atoms with Crippen molar-refractivity contribution in [1.82, 2.24) is 21.1 Å². The highest BCUT2D eigenvalue weighted by atomic mass is 16.6. The van der Waals surface area contributed by atoms with Crippen LogP contribution in [0, 0.1) is 18.8 Å². The second kappa shape index (κ2) is 12.3. The van der Waals surface area contributed by atoms with Crippen LogP contribution in [0.5, 0.6) is 0 Å². The monoisotopic (exact) mass is 494 g/mol. The minimum atomic E-state index is -1.07. The van der Waals surface area contributed by atoms with Crippen LogP contribution < -0.4 is 16.0 Å². The van der Waals surface area contributed by atoms with Gasteiger partial charge in [0, 0.05) is 13.2 Å². The molecule has 1 saturated heterocycles. The SMILES string of the molecule is COCC(NC(=O)c1cc(C)on1)C(=O)N[C@@H](CC(C)C)C(=O)NC(CC(C)C)C(=O)[C@@]1(C)CO1. The molecule has 2 heterocycles. The Morgan fingerprint density at radius 2 is 1.54 bits per heavy atom. The molecule has 0 spiro atoms. The topological polar surface area (TPSA) is 152 Å². The fourth-order valence-corrected chi connectivity index (χ4v) is 3.62. The average Bonchev–Trinajstić information content (AvgIpc) is 3.37. The van der Waals surface area contributed by atoms with Gasteiger partial charge in [-0.2, -0.15) is 0 Å². The summed E-state index contributed by atoms with van der Waals surface area (Å²) in [6.07, 6.45) is 0.787. The van der Waals surface area contributed by atoms with E-state index < -0.39 is 41.4 Å². The van der Waals surface area contributed by atoms with E-state index >= 15 is 0 Å². The van der Waals surface area contributed by atoms with Crippen molar-refractivity contribution in [2.24, 2.45) is 11.8 Å². The molecule has 0 saturated carbocycles. The molecule has 35 heavy (non-hydrogen) atoms. The predicted octanol–water partition coefficient (Wildman–Crippen LogP) is 1.15. The van der Waals surface area contributed by atoms with Crippen LogP contribution in [-0.2, 0) is 23.9 Å². The highest BCUT2D eigenvalue weighted by Crippen LogP contribution is 2.29. The molecule has 1 aliphatic rings. The van der Waals surface area contributed by atoms with Gasteiger partial charge in [0.15, 0.2) is 11.5 Å². The van der Waals surface area contributed by atoms with Crippen molar-refractivity contribution in [3.8, 4) is 0 Å². The minimum absolute atomic E-state index is 0.0266. The first-order valence-electron chi connectivity index (χ1n) is 11.9. The summed E-state index contributed by atoms with van der Waals surface area (Å²) in [5.41, 5.74) is -0.851. The van der Waals surface area contributed by atoms with E-state index in [0.29, 0.717) is 25.2 Å². The first kappa shape index (κ1) is 28.4. The van der Waals surface area contributed by atoms with E-state index in [-0.39, 0.29) is 29.9 Å². The number of nitrogens with one attached hydrogen (secondary N) is 3.